The van der Waals surface area contributed by atoms with E-state index in [2.05, 4.69) is 5.32 Å². The van der Waals surface area contributed by atoms with Gasteiger partial charge in [0.2, 0.25) is 0 Å². The van der Waals surface area contributed by atoms with E-state index in [1.807, 2.05) is 30.3 Å². The van der Waals surface area contributed by atoms with E-state index in [-0.39, 0.29) is 23.1 Å². The van der Waals surface area contributed by atoms with Crippen LogP contribution in [0, 0.1) is 0 Å². The Morgan fingerprint density at radius 1 is 1.12 bits per heavy atom. The van der Waals surface area contributed by atoms with Gasteiger partial charge in [-0.25, -0.2) is 13.2 Å². The highest BCUT2D eigenvalue weighted by molar-refractivity contribution is 7.89. The molecule has 1 amide bonds. The number of hydrogen-bond acceptors (Lipinski definition) is 6. The molecule has 0 heterocycles. The van der Waals surface area contributed by atoms with Gasteiger partial charge in [0.15, 0.2) is 0 Å². The SMILES string of the molecule is Nc1cccc(S(=O)(=O)N(C[C@H](O)[C@H](Cc2ccccc2)NC(=O)O)OC2CCCCC2)c1. The number of nitrogen functional groups attached to an aromatic ring is 1. The Labute approximate surface area is 194 Å². The van der Waals surface area contributed by atoms with Gasteiger partial charge in [-0.2, -0.15) is 0 Å². The van der Waals surface area contributed by atoms with Gasteiger partial charge in [0.1, 0.15) is 0 Å². The number of nitrogens with zero attached hydrogens (tertiary/aromatic N) is 1. The number of amides is 1. The van der Waals surface area contributed by atoms with Crippen molar-refractivity contribution in [2.24, 2.45) is 0 Å². The lowest BCUT2D eigenvalue weighted by Crippen LogP contribution is -2.50. The van der Waals surface area contributed by atoms with Crippen LogP contribution in [0.25, 0.3) is 0 Å². The average molecular weight is 478 g/mol. The van der Waals surface area contributed by atoms with Crippen molar-refractivity contribution in [2.75, 3.05) is 12.3 Å². The monoisotopic (exact) mass is 477 g/mol. The van der Waals surface area contributed by atoms with Gasteiger partial charge < -0.3 is 21.3 Å². The van der Waals surface area contributed by atoms with E-state index in [4.69, 9.17) is 10.6 Å². The number of carboxylic acid groups (broad SMARTS) is 1. The van der Waals surface area contributed by atoms with Gasteiger partial charge in [-0.15, -0.1) is 0 Å². The number of hydroxylamine groups is 1. The summed E-state index contributed by atoms with van der Waals surface area (Å²) in [6.45, 7) is -0.439. The third-order valence-corrected chi connectivity index (χ3v) is 7.27. The van der Waals surface area contributed by atoms with E-state index >= 15 is 0 Å². The maximum absolute atomic E-state index is 13.4. The molecule has 0 bridgehead atoms. The molecule has 0 unspecified atom stereocenters. The van der Waals surface area contributed by atoms with Crippen molar-refractivity contribution in [2.45, 2.75) is 61.7 Å². The van der Waals surface area contributed by atoms with Crippen molar-refractivity contribution in [1.82, 2.24) is 9.79 Å². The topological polar surface area (TPSA) is 142 Å². The molecule has 10 heteroatoms. The zero-order valence-electron chi connectivity index (χ0n) is 18.3. The van der Waals surface area contributed by atoms with Crippen molar-refractivity contribution in [3.63, 3.8) is 0 Å². The number of anilines is 1. The number of nitrogens with two attached hydrogens (primary N) is 1. The first-order chi connectivity index (χ1) is 15.8. The van der Waals surface area contributed by atoms with Crippen LogP contribution < -0.4 is 11.1 Å². The molecule has 5 N–H and O–H groups in total. The molecule has 0 radical (unpaired) electrons. The lowest BCUT2D eigenvalue weighted by molar-refractivity contribution is -0.156. The minimum absolute atomic E-state index is 0.0590. The summed E-state index contributed by atoms with van der Waals surface area (Å²) in [5, 5.41) is 22.5. The fraction of sp³-hybridized carbons (Fsp3) is 0.435. The molecule has 3 rings (SSSR count). The molecule has 1 aliphatic rings. The molecular formula is C23H31N3O6S. The standard InChI is InChI=1S/C23H31N3O6S/c24-18-10-7-13-20(15-18)33(30,31)26(32-19-11-5-2-6-12-19)16-22(27)21(25-23(28)29)14-17-8-3-1-4-9-17/h1,3-4,7-10,13,15,19,21-22,25,27H,2,5-6,11-12,14,16,24H2,(H,28,29)/t21-,22-/m0/s1. The van der Waals surface area contributed by atoms with Crippen LogP contribution in [0.15, 0.2) is 59.5 Å². The summed E-state index contributed by atoms with van der Waals surface area (Å²) in [4.78, 5) is 17.2. The van der Waals surface area contributed by atoms with E-state index in [9.17, 15) is 23.4 Å². The Hall–Kier alpha value is -2.66. The Balaban J connectivity index is 1.85. The smallest absolute Gasteiger partial charge is 0.404 e. The Morgan fingerprint density at radius 2 is 1.82 bits per heavy atom. The van der Waals surface area contributed by atoms with Crippen molar-refractivity contribution in [3.8, 4) is 0 Å². The number of rotatable bonds is 10. The molecule has 0 saturated heterocycles. The Kier molecular flexibility index (Phi) is 8.67. The molecule has 1 aliphatic carbocycles. The average Bonchev–Trinajstić information content (AvgIpc) is 2.79. The molecule has 0 aliphatic heterocycles. The number of aliphatic hydroxyl groups excluding tert-OH is 1. The summed E-state index contributed by atoms with van der Waals surface area (Å²) in [5.74, 6) is 0. The van der Waals surface area contributed by atoms with E-state index in [0.717, 1.165) is 29.3 Å². The maximum Gasteiger partial charge on any atom is 0.404 e. The molecule has 1 saturated carbocycles. The minimum atomic E-state index is -4.16. The van der Waals surface area contributed by atoms with Gasteiger partial charge in [0.25, 0.3) is 10.0 Å². The molecule has 180 valence electrons. The zero-order chi connectivity index (χ0) is 23.8. The van der Waals surface area contributed by atoms with Crippen molar-refractivity contribution >= 4 is 21.8 Å². The first-order valence-corrected chi connectivity index (χ1v) is 12.5. The number of aliphatic hydroxyl groups is 1. The number of sulfonamides is 1. The fourth-order valence-electron chi connectivity index (χ4n) is 3.92. The van der Waals surface area contributed by atoms with E-state index in [1.54, 1.807) is 6.07 Å². The van der Waals surface area contributed by atoms with E-state index in [0.29, 0.717) is 12.8 Å². The molecule has 2 atom stereocenters. The summed E-state index contributed by atoms with van der Waals surface area (Å²) in [5.41, 5.74) is 6.86. The van der Waals surface area contributed by atoms with Crippen molar-refractivity contribution in [3.05, 3.63) is 60.2 Å². The second kappa shape index (κ2) is 11.5. The number of benzene rings is 2. The van der Waals surface area contributed by atoms with Crippen LogP contribution in [-0.2, 0) is 21.3 Å². The largest absolute Gasteiger partial charge is 0.465 e. The number of carbonyl (C=O) groups is 1. The second-order valence-corrected chi connectivity index (χ2v) is 10.1. The number of nitrogens with one attached hydrogen (secondary N) is 1. The molecule has 9 nitrogen and oxygen atoms in total. The van der Waals surface area contributed by atoms with Crippen LogP contribution in [0.2, 0.25) is 0 Å². The van der Waals surface area contributed by atoms with Crippen LogP contribution in [0.1, 0.15) is 37.7 Å². The highest BCUT2D eigenvalue weighted by atomic mass is 32.2. The van der Waals surface area contributed by atoms with Crippen LogP contribution >= 0.6 is 0 Å². The van der Waals surface area contributed by atoms with Crippen LogP contribution in [0.5, 0.6) is 0 Å². The highest BCUT2D eigenvalue weighted by Gasteiger charge is 2.34. The number of hydrogen-bond donors (Lipinski definition) is 4. The normalized spacial score (nSPS) is 16.9. The van der Waals surface area contributed by atoms with Gasteiger partial charge in [0, 0.05) is 5.69 Å². The predicted molar refractivity (Wildman–Crippen MR) is 124 cm³/mol. The molecule has 1 fully saturated rings. The first-order valence-electron chi connectivity index (χ1n) is 11.0. The Morgan fingerprint density at radius 3 is 2.45 bits per heavy atom. The first kappa shape index (κ1) is 25.0. The summed E-state index contributed by atoms with van der Waals surface area (Å²) in [6, 6.07) is 14.0. The van der Waals surface area contributed by atoms with Gasteiger partial charge in [-0.3, -0.25) is 4.84 Å². The molecule has 0 spiro atoms. The van der Waals surface area contributed by atoms with E-state index < -0.39 is 34.8 Å². The van der Waals surface area contributed by atoms with Gasteiger partial charge >= 0.3 is 6.09 Å². The third kappa shape index (κ3) is 7.16. The summed E-state index contributed by atoms with van der Waals surface area (Å²) < 4.78 is 27.6. The molecule has 2 aromatic rings. The molecular weight excluding hydrogens is 446 g/mol. The lowest BCUT2D eigenvalue weighted by atomic mass is 9.98. The van der Waals surface area contributed by atoms with Crippen molar-refractivity contribution < 1.29 is 28.3 Å². The van der Waals surface area contributed by atoms with Crippen LogP contribution in [0.3, 0.4) is 0 Å². The Bertz CT molecular complexity index is 1010. The molecule has 0 aromatic heterocycles. The lowest BCUT2D eigenvalue weighted by Gasteiger charge is -2.32. The maximum atomic E-state index is 13.4. The summed E-state index contributed by atoms with van der Waals surface area (Å²) in [6.07, 6.45) is 1.54. The minimum Gasteiger partial charge on any atom is -0.465 e. The summed E-state index contributed by atoms with van der Waals surface area (Å²) in [7, 11) is -4.16. The van der Waals surface area contributed by atoms with E-state index in [1.165, 1.54) is 18.2 Å². The second-order valence-electron chi connectivity index (χ2n) is 8.24. The zero-order valence-corrected chi connectivity index (χ0v) is 19.2. The van der Waals surface area contributed by atoms with Crippen LogP contribution in [-0.4, -0.2) is 54.0 Å². The fourth-order valence-corrected chi connectivity index (χ4v) is 5.27. The predicted octanol–water partition coefficient (Wildman–Crippen LogP) is 2.76. The van der Waals surface area contributed by atoms with Gasteiger partial charge in [-0.05, 0) is 43.0 Å². The third-order valence-electron chi connectivity index (χ3n) is 5.65. The molecule has 33 heavy (non-hydrogen) atoms. The van der Waals surface area contributed by atoms with Crippen LogP contribution in [0.4, 0.5) is 10.5 Å². The van der Waals surface area contributed by atoms with Crippen molar-refractivity contribution in [1.29, 1.82) is 0 Å². The highest BCUT2D eigenvalue weighted by Crippen LogP contribution is 2.26. The van der Waals surface area contributed by atoms with Gasteiger partial charge in [0.05, 0.1) is 29.7 Å². The molecule has 2 aromatic carbocycles. The quantitative estimate of drug-likeness (QED) is 0.304. The van der Waals surface area contributed by atoms with Gasteiger partial charge in [-0.1, -0.05) is 60.1 Å². The summed E-state index contributed by atoms with van der Waals surface area (Å²) >= 11 is 0.